The van der Waals surface area contributed by atoms with Gasteiger partial charge >= 0.3 is 0 Å². The first kappa shape index (κ1) is 20.9. The van der Waals surface area contributed by atoms with E-state index in [4.69, 9.17) is 5.53 Å². The molecule has 5 heteroatoms. The standard InChI is InChI=1S/C24H37N3O2/c1-15(5-4-12-26-27-25)18-6-7-19-22-20(9-11-24(18,19)3)23(2)10-8-17(28)13-16(23)14-21(22)29/h15-16,18-20,22H,4-14H2,1-3H3/t15-,16+,18-,19+,20+,22+,23+,24-/m1/s1. The van der Waals surface area contributed by atoms with Crippen LogP contribution in [0.3, 0.4) is 0 Å². The highest BCUT2D eigenvalue weighted by Crippen LogP contribution is 2.67. The van der Waals surface area contributed by atoms with E-state index in [1.807, 2.05) is 0 Å². The normalized spacial score (nSPS) is 45.0. The van der Waals surface area contributed by atoms with Crippen LogP contribution in [-0.2, 0) is 9.59 Å². The van der Waals surface area contributed by atoms with Crippen LogP contribution in [0.2, 0.25) is 0 Å². The summed E-state index contributed by atoms with van der Waals surface area (Å²) >= 11 is 0. The number of hydrogen-bond acceptors (Lipinski definition) is 3. The van der Waals surface area contributed by atoms with Gasteiger partial charge in [0.2, 0.25) is 0 Å². The number of hydrogen-bond donors (Lipinski definition) is 0. The van der Waals surface area contributed by atoms with Crippen molar-refractivity contribution in [2.45, 2.75) is 85.0 Å². The Balaban J connectivity index is 1.53. The van der Waals surface area contributed by atoms with Crippen molar-refractivity contribution >= 4 is 11.6 Å². The summed E-state index contributed by atoms with van der Waals surface area (Å²) in [6.07, 6.45) is 9.87. The SMILES string of the molecule is C[C@H](CCCN=[N+]=[N-])[C@H]1CC[C@H]2[C@@H]3C(=O)C[C@@H]4CC(=O)CC[C@]4(C)[C@H]3CC[C@]12C. The van der Waals surface area contributed by atoms with Crippen LogP contribution in [-0.4, -0.2) is 18.1 Å². The third-order valence-electron chi connectivity index (χ3n) is 10.0. The van der Waals surface area contributed by atoms with Crippen molar-refractivity contribution in [2.75, 3.05) is 6.54 Å². The number of azide groups is 1. The van der Waals surface area contributed by atoms with Gasteiger partial charge in [-0.2, -0.15) is 0 Å². The van der Waals surface area contributed by atoms with E-state index in [0.29, 0.717) is 60.5 Å². The first-order valence-electron chi connectivity index (χ1n) is 11.9. The molecule has 0 aliphatic heterocycles. The fraction of sp³-hybridized carbons (Fsp3) is 0.917. The van der Waals surface area contributed by atoms with Gasteiger partial charge < -0.3 is 0 Å². The molecule has 0 aromatic heterocycles. The van der Waals surface area contributed by atoms with Gasteiger partial charge in [0, 0.05) is 36.6 Å². The van der Waals surface area contributed by atoms with Crippen molar-refractivity contribution in [2.24, 2.45) is 51.5 Å². The first-order valence-corrected chi connectivity index (χ1v) is 11.9. The zero-order valence-electron chi connectivity index (χ0n) is 18.4. The lowest BCUT2D eigenvalue weighted by molar-refractivity contribution is -0.159. The summed E-state index contributed by atoms with van der Waals surface area (Å²) in [7, 11) is 0. The molecule has 0 aromatic carbocycles. The molecule has 0 amide bonds. The molecule has 4 aliphatic carbocycles. The lowest BCUT2D eigenvalue weighted by atomic mass is 9.44. The van der Waals surface area contributed by atoms with Crippen LogP contribution < -0.4 is 0 Å². The maximum absolute atomic E-state index is 13.4. The number of ketones is 2. The highest BCUT2D eigenvalue weighted by atomic mass is 16.1. The van der Waals surface area contributed by atoms with E-state index in [1.165, 1.54) is 19.3 Å². The predicted molar refractivity (Wildman–Crippen MR) is 113 cm³/mol. The summed E-state index contributed by atoms with van der Waals surface area (Å²) in [5, 5.41) is 3.70. The second-order valence-corrected chi connectivity index (χ2v) is 11.2. The third kappa shape index (κ3) is 3.34. The molecule has 4 fully saturated rings. The van der Waals surface area contributed by atoms with Crippen molar-refractivity contribution < 1.29 is 9.59 Å². The predicted octanol–water partition coefficient (Wildman–Crippen LogP) is 6.12. The van der Waals surface area contributed by atoms with Gasteiger partial charge in [0.1, 0.15) is 11.6 Å². The Bertz CT molecular complexity index is 730. The Hall–Kier alpha value is -1.35. The summed E-state index contributed by atoms with van der Waals surface area (Å²) < 4.78 is 0. The molecule has 29 heavy (non-hydrogen) atoms. The number of fused-ring (bicyclic) bond motifs is 5. The molecular weight excluding hydrogens is 362 g/mol. The van der Waals surface area contributed by atoms with Crippen molar-refractivity contribution in [1.82, 2.24) is 0 Å². The highest BCUT2D eigenvalue weighted by molar-refractivity contribution is 5.86. The Morgan fingerprint density at radius 3 is 2.62 bits per heavy atom. The molecule has 4 rings (SSSR count). The molecule has 0 aromatic rings. The summed E-state index contributed by atoms with van der Waals surface area (Å²) in [6, 6.07) is 0. The molecular formula is C24H37N3O2. The smallest absolute Gasteiger partial charge is 0.136 e. The van der Waals surface area contributed by atoms with Crippen molar-refractivity contribution in [3.63, 3.8) is 0 Å². The van der Waals surface area contributed by atoms with Crippen molar-refractivity contribution in [3.8, 4) is 0 Å². The van der Waals surface area contributed by atoms with Crippen molar-refractivity contribution in [3.05, 3.63) is 10.4 Å². The minimum Gasteiger partial charge on any atom is -0.300 e. The second-order valence-electron chi connectivity index (χ2n) is 11.2. The number of Topliss-reactive ketones (excluding diaryl/α,β-unsaturated/α-hetero) is 2. The van der Waals surface area contributed by atoms with E-state index in [9.17, 15) is 9.59 Å². The molecule has 4 aliphatic rings. The summed E-state index contributed by atoms with van der Waals surface area (Å²) in [5.41, 5.74) is 8.95. The number of nitrogens with zero attached hydrogens (tertiary/aromatic N) is 3. The lowest BCUT2D eigenvalue weighted by Gasteiger charge is -2.59. The lowest BCUT2D eigenvalue weighted by Crippen LogP contribution is -2.57. The Morgan fingerprint density at radius 2 is 1.86 bits per heavy atom. The minimum atomic E-state index is 0.187. The van der Waals surface area contributed by atoms with Crippen LogP contribution in [0, 0.1) is 46.3 Å². The van der Waals surface area contributed by atoms with Gasteiger partial charge in [-0.3, -0.25) is 9.59 Å². The van der Waals surface area contributed by atoms with Crippen LogP contribution in [0.5, 0.6) is 0 Å². The van der Waals surface area contributed by atoms with Gasteiger partial charge in [0.05, 0.1) is 0 Å². The van der Waals surface area contributed by atoms with Crippen LogP contribution in [0.15, 0.2) is 5.11 Å². The van der Waals surface area contributed by atoms with Gasteiger partial charge in [-0.25, -0.2) is 0 Å². The molecule has 0 saturated heterocycles. The van der Waals surface area contributed by atoms with Crippen LogP contribution >= 0.6 is 0 Å². The van der Waals surface area contributed by atoms with E-state index < -0.39 is 0 Å². The highest BCUT2D eigenvalue weighted by Gasteiger charge is 2.62. The average molecular weight is 400 g/mol. The minimum absolute atomic E-state index is 0.187. The van der Waals surface area contributed by atoms with E-state index in [-0.39, 0.29) is 16.7 Å². The van der Waals surface area contributed by atoms with E-state index in [0.717, 1.165) is 32.1 Å². The van der Waals surface area contributed by atoms with Gasteiger partial charge in [0.15, 0.2) is 0 Å². The molecule has 4 saturated carbocycles. The zero-order chi connectivity index (χ0) is 20.8. The molecule has 0 spiro atoms. The molecule has 0 unspecified atom stereocenters. The largest absolute Gasteiger partial charge is 0.300 e. The average Bonchev–Trinajstić information content (AvgIpc) is 3.04. The van der Waals surface area contributed by atoms with Gasteiger partial charge in [-0.1, -0.05) is 32.3 Å². The third-order valence-corrected chi connectivity index (χ3v) is 10.0. The van der Waals surface area contributed by atoms with Crippen LogP contribution in [0.1, 0.15) is 85.0 Å². The Kier molecular flexibility index (Phi) is 5.57. The van der Waals surface area contributed by atoms with Crippen molar-refractivity contribution in [1.29, 1.82) is 0 Å². The molecule has 0 heterocycles. The van der Waals surface area contributed by atoms with Gasteiger partial charge in [-0.05, 0) is 84.5 Å². The summed E-state index contributed by atoms with van der Waals surface area (Å²) in [4.78, 5) is 28.3. The molecule has 8 atom stereocenters. The van der Waals surface area contributed by atoms with E-state index in [1.54, 1.807) is 0 Å². The maximum Gasteiger partial charge on any atom is 0.136 e. The summed E-state index contributed by atoms with van der Waals surface area (Å²) in [6.45, 7) is 7.84. The topological polar surface area (TPSA) is 82.9 Å². The second kappa shape index (κ2) is 7.72. The molecule has 160 valence electrons. The van der Waals surface area contributed by atoms with Crippen LogP contribution in [0.25, 0.3) is 10.4 Å². The molecule has 0 bridgehead atoms. The van der Waals surface area contributed by atoms with Gasteiger partial charge in [-0.15, -0.1) is 0 Å². The Labute approximate surface area is 175 Å². The number of carbonyl (C=O) groups excluding carboxylic acids is 2. The first-order chi connectivity index (χ1) is 13.8. The Morgan fingerprint density at radius 1 is 1.10 bits per heavy atom. The maximum atomic E-state index is 13.4. The fourth-order valence-electron chi connectivity index (χ4n) is 8.43. The molecule has 0 N–H and O–H groups in total. The summed E-state index contributed by atoms with van der Waals surface area (Å²) in [5.74, 6) is 3.65. The van der Waals surface area contributed by atoms with E-state index >= 15 is 0 Å². The fourth-order valence-corrected chi connectivity index (χ4v) is 8.43. The molecule has 5 nitrogen and oxygen atoms in total. The quantitative estimate of drug-likeness (QED) is 0.241. The monoisotopic (exact) mass is 399 g/mol. The van der Waals surface area contributed by atoms with E-state index in [2.05, 4.69) is 30.8 Å². The van der Waals surface area contributed by atoms with Crippen LogP contribution in [0.4, 0.5) is 0 Å². The number of rotatable bonds is 5. The molecule has 0 radical (unpaired) electrons. The van der Waals surface area contributed by atoms with Gasteiger partial charge in [0.25, 0.3) is 0 Å². The number of carbonyl (C=O) groups is 2. The zero-order valence-corrected chi connectivity index (χ0v) is 18.4.